The average Bonchev–Trinajstić information content (AvgIpc) is 2.31. The molecule has 0 fully saturated rings. The first kappa shape index (κ1) is 12.6. The quantitative estimate of drug-likeness (QED) is 0.697. The second kappa shape index (κ2) is 6.95. The van der Waals surface area contributed by atoms with Crippen LogP contribution in [0.4, 0.5) is 11.4 Å². The summed E-state index contributed by atoms with van der Waals surface area (Å²) in [5.74, 6) is 0.842. The lowest BCUT2D eigenvalue weighted by Crippen LogP contribution is -2.08. The molecule has 0 aromatic heterocycles. The fourth-order valence-corrected chi connectivity index (χ4v) is 1.44. The Balaban J connectivity index is 2.68. The highest BCUT2D eigenvalue weighted by atomic mass is 16.5. The van der Waals surface area contributed by atoms with E-state index in [1.54, 1.807) is 14.2 Å². The minimum absolute atomic E-state index is 0.679. The van der Waals surface area contributed by atoms with Gasteiger partial charge in [0.1, 0.15) is 5.75 Å². The molecule has 0 atom stereocenters. The van der Waals surface area contributed by atoms with Crippen LogP contribution in [0.5, 0.6) is 5.75 Å². The Bertz CT molecular complexity index is 316. The van der Waals surface area contributed by atoms with Gasteiger partial charge in [0.2, 0.25) is 0 Å². The highest BCUT2D eigenvalue weighted by Gasteiger charge is 2.03. The Labute approximate surface area is 96.9 Å². The minimum Gasteiger partial charge on any atom is -0.495 e. The summed E-state index contributed by atoms with van der Waals surface area (Å²) < 4.78 is 10.3. The fraction of sp³-hybridized carbons (Fsp3) is 0.500. The van der Waals surface area contributed by atoms with E-state index in [9.17, 15) is 0 Å². The smallest absolute Gasteiger partial charge is 0.144 e. The molecule has 1 aromatic carbocycles. The summed E-state index contributed by atoms with van der Waals surface area (Å²) in [4.78, 5) is 0. The molecular weight excluding hydrogens is 204 g/mol. The largest absolute Gasteiger partial charge is 0.495 e. The van der Waals surface area contributed by atoms with Crippen LogP contribution in [0.15, 0.2) is 18.2 Å². The molecule has 0 saturated carbocycles. The van der Waals surface area contributed by atoms with Gasteiger partial charge in [0.25, 0.3) is 0 Å². The molecule has 4 nitrogen and oxygen atoms in total. The van der Waals surface area contributed by atoms with Crippen molar-refractivity contribution in [1.82, 2.24) is 0 Å². The lowest BCUT2D eigenvalue weighted by molar-refractivity contribution is 0.210. The van der Waals surface area contributed by atoms with Crippen LogP contribution < -0.4 is 15.4 Å². The number of nitrogens with one attached hydrogen (secondary N) is 2. The number of ether oxygens (including phenoxy) is 2. The van der Waals surface area contributed by atoms with E-state index in [1.807, 2.05) is 18.2 Å². The van der Waals surface area contributed by atoms with Gasteiger partial charge in [-0.15, -0.1) is 0 Å². The molecule has 16 heavy (non-hydrogen) atoms. The van der Waals surface area contributed by atoms with Crippen molar-refractivity contribution in [3.05, 3.63) is 18.2 Å². The van der Waals surface area contributed by atoms with Crippen LogP contribution in [0.3, 0.4) is 0 Å². The van der Waals surface area contributed by atoms with Gasteiger partial charge in [-0.1, -0.05) is 0 Å². The van der Waals surface area contributed by atoms with Gasteiger partial charge in [-0.25, -0.2) is 0 Å². The summed E-state index contributed by atoms with van der Waals surface area (Å²) in [5.41, 5.74) is 2.05. The maximum atomic E-state index is 5.32. The Morgan fingerprint density at radius 3 is 2.62 bits per heavy atom. The van der Waals surface area contributed by atoms with Crippen LogP contribution in [-0.4, -0.2) is 33.9 Å². The van der Waals surface area contributed by atoms with Gasteiger partial charge >= 0.3 is 0 Å². The van der Waals surface area contributed by atoms with E-state index >= 15 is 0 Å². The minimum atomic E-state index is 0.679. The average molecular weight is 224 g/mol. The Morgan fingerprint density at radius 1 is 1.19 bits per heavy atom. The first-order valence-electron chi connectivity index (χ1n) is 5.46. The Morgan fingerprint density at radius 2 is 2.00 bits per heavy atom. The molecule has 0 unspecified atom stereocenters. The molecule has 1 aromatic rings. The molecule has 0 aliphatic rings. The zero-order valence-electron chi connectivity index (χ0n) is 10.2. The van der Waals surface area contributed by atoms with E-state index in [0.717, 1.165) is 30.2 Å². The molecule has 1 rings (SSSR count). The predicted molar refractivity (Wildman–Crippen MR) is 67.5 cm³/mol. The molecular formula is C12H20N2O2. The van der Waals surface area contributed by atoms with E-state index in [0.29, 0.717) is 6.61 Å². The normalized spacial score (nSPS) is 9.94. The van der Waals surface area contributed by atoms with Crippen molar-refractivity contribution in [2.75, 3.05) is 44.5 Å². The summed E-state index contributed by atoms with van der Waals surface area (Å²) in [6.07, 6.45) is 0. The topological polar surface area (TPSA) is 42.5 Å². The summed E-state index contributed by atoms with van der Waals surface area (Å²) in [6, 6.07) is 6.02. The monoisotopic (exact) mass is 224 g/mol. The predicted octanol–water partition coefficient (Wildman–Crippen LogP) is 2.19. The molecule has 0 saturated heterocycles. The van der Waals surface area contributed by atoms with Crippen LogP contribution in [0.2, 0.25) is 0 Å². The van der Waals surface area contributed by atoms with Crippen molar-refractivity contribution in [3.63, 3.8) is 0 Å². The van der Waals surface area contributed by atoms with Gasteiger partial charge in [-0.05, 0) is 19.1 Å². The first-order chi connectivity index (χ1) is 7.81. The zero-order chi connectivity index (χ0) is 11.8. The summed E-state index contributed by atoms with van der Waals surface area (Å²) in [7, 11) is 3.36. The van der Waals surface area contributed by atoms with Crippen LogP contribution >= 0.6 is 0 Å². The molecule has 0 heterocycles. The number of hydrogen-bond acceptors (Lipinski definition) is 4. The highest BCUT2D eigenvalue weighted by molar-refractivity contribution is 5.63. The van der Waals surface area contributed by atoms with Crippen molar-refractivity contribution in [3.8, 4) is 5.75 Å². The van der Waals surface area contributed by atoms with E-state index in [1.165, 1.54) is 0 Å². The Hall–Kier alpha value is -1.42. The third kappa shape index (κ3) is 3.62. The molecule has 0 spiro atoms. The van der Waals surface area contributed by atoms with Gasteiger partial charge in [0, 0.05) is 32.0 Å². The maximum absolute atomic E-state index is 5.32. The molecule has 0 aliphatic carbocycles. The second-order valence-electron chi connectivity index (χ2n) is 3.36. The van der Waals surface area contributed by atoms with Crippen molar-refractivity contribution in [2.45, 2.75) is 6.92 Å². The third-order valence-corrected chi connectivity index (χ3v) is 2.20. The van der Waals surface area contributed by atoms with E-state index in [-0.39, 0.29) is 0 Å². The van der Waals surface area contributed by atoms with Crippen molar-refractivity contribution < 1.29 is 9.47 Å². The lowest BCUT2D eigenvalue weighted by Gasteiger charge is -2.12. The molecule has 4 heteroatoms. The van der Waals surface area contributed by atoms with Crippen molar-refractivity contribution in [1.29, 1.82) is 0 Å². The standard InChI is InChI=1S/C12H20N2O2/c1-4-13-10-5-6-11(12(9-10)16-3)14-7-8-15-2/h5-6,9,13-14H,4,7-8H2,1-3H3. The summed E-state index contributed by atoms with van der Waals surface area (Å²) in [5, 5.41) is 6.50. The Kier molecular flexibility index (Phi) is 5.50. The van der Waals surface area contributed by atoms with Gasteiger partial charge < -0.3 is 20.1 Å². The SMILES string of the molecule is CCNc1ccc(NCCOC)c(OC)c1. The van der Waals surface area contributed by atoms with Crippen LogP contribution in [0.1, 0.15) is 6.92 Å². The number of benzene rings is 1. The van der Waals surface area contributed by atoms with Gasteiger partial charge in [-0.3, -0.25) is 0 Å². The lowest BCUT2D eigenvalue weighted by atomic mass is 10.2. The van der Waals surface area contributed by atoms with Gasteiger partial charge in [0.15, 0.2) is 0 Å². The highest BCUT2D eigenvalue weighted by Crippen LogP contribution is 2.27. The van der Waals surface area contributed by atoms with Crippen LogP contribution in [-0.2, 0) is 4.74 Å². The summed E-state index contributed by atoms with van der Waals surface area (Å²) in [6.45, 7) is 4.42. The molecule has 0 bridgehead atoms. The third-order valence-electron chi connectivity index (χ3n) is 2.20. The van der Waals surface area contributed by atoms with Crippen LogP contribution in [0, 0.1) is 0 Å². The fourth-order valence-electron chi connectivity index (χ4n) is 1.44. The van der Waals surface area contributed by atoms with E-state index in [4.69, 9.17) is 9.47 Å². The number of rotatable bonds is 7. The van der Waals surface area contributed by atoms with E-state index in [2.05, 4.69) is 17.6 Å². The van der Waals surface area contributed by atoms with Gasteiger partial charge in [-0.2, -0.15) is 0 Å². The number of hydrogen-bond donors (Lipinski definition) is 2. The van der Waals surface area contributed by atoms with Crippen molar-refractivity contribution in [2.24, 2.45) is 0 Å². The molecule has 2 N–H and O–H groups in total. The van der Waals surface area contributed by atoms with Crippen molar-refractivity contribution >= 4 is 11.4 Å². The molecule has 90 valence electrons. The molecule has 0 aliphatic heterocycles. The summed E-state index contributed by atoms with van der Waals surface area (Å²) >= 11 is 0. The first-order valence-corrected chi connectivity index (χ1v) is 5.46. The second-order valence-corrected chi connectivity index (χ2v) is 3.36. The molecule has 0 radical (unpaired) electrons. The number of methoxy groups -OCH3 is 2. The maximum Gasteiger partial charge on any atom is 0.144 e. The zero-order valence-corrected chi connectivity index (χ0v) is 10.2. The molecule has 0 amide bonds. The van der Waals surface area contributed by atoms with Gasteiger partial charge in [0.05, 0.1) is 19.4 Å². The number of anilines is 2. The van der Waals surface area contributed by atoms with Crippen LogP contribution in [0.25, 0.3) is 0 Å². The van der Waals surface area contributed by atoms with E-state index < -0.39 is 0 Å².